The summed E-state index contributed by atoms with van der Waals surface area (Å²) < 4.78 is 0. The van der Waals surface area contributed by atoms with E-state index in [2.05, 4.69) is 37.3 Å². The van der Waals surface area contributed by atoms with Gasteiger partial charge in [0.1, 0.15) is 6.10 Å². The van der Waals surface area contributed by atoms with Gasteiger partial charge in [-0.2, -0.15) is 0 Å². The molecule has 0 aliphatic heterocycles. The third kappa shape index (κ3) is 15.9. The lowest BCUT2D eigenvalue weighted by Gasteiger charge is -2.14. The molecule has 0 rings (SSSR count). The van der Waals surface area contributed by atoms with E-state index in [1.54, 1.807) is 6.08 Å². The first kappa shape index (κ1) is 25.0. The van der Waals surface area contributed by atoms with Crippen molar-refractivity contribution in [3.63, 3.8) is 0 Å². The second-order valence-corrected chi connectivity index (χ2v) is 6.40. The summed E-state index contributed by atoms with van der Waals surface area (Å²) in [6.07, 6.45) is 24.0. The number of allylic oxidation sites excluding steroid dienone is 7. The van der Waals surface area contributed by atoms with Gasteiger partial charge in [-0.05, 0) is 44.9 Å². The van der Waals surface area contributed by atoms with Crippen LogP contribution in [-0.4, -0.2) is 28.5 Å². The summed E-state index contributed by atoms with van der Waals surface area (Å²) in [5.74, 6) is 0. The van der Waals surface area contributed by atoms with Crippen molar-refractivity contribution in [2.45, 2.75) is 83.3 Å². The molecular weight excluding hydrogens is 342 g/mol. The molecule has 0 spiro atoms. The van der Waals surface area contributed by atoms with E-state index in [9.17, 15) is 20.0 Å². The van der Waals surface area contributed by atoms with E-state index in [4.69, 9.17) is 0 Å². The Labute approximate surface area is 163 Å². The van der Waals surface area contributed by atoms with Crippen LogP contribution in [0, 0.1) is 10.1 Å². The van der Waals surface area contributed by atoms with Crippen molar-refractivity contribution in [3.05, 3.63) is 58.7 Å². The third-order valence-corrected chi connectivity index (χ3v) is 4.09. The van der Waals surface area contributed by atoms with Crippen LogP contribution < -0.4 is 0 Å². The fraction of sp³-hybridized carbons (Fsp3) is 0.591. The number of aliphatic hydroxyl groups excluding tert-OH is 1. The maximum absolute atomic E-state index is 11.1. The molecule has 5 heteroatoms. The molecule has 0 aliphatic rings. The Balaban J connectivity index is 3.98. The van der Waals surface area contributed by atoms with Crippen molar-refractivity contribution in [3.8, 4) is 0 Å². The van der Waals surface area contributed by atoms with Crippen LogP contribution in [0.2, 0.25) is 0 Å². The van der Waals surface area contributed by atoms with E-state index in [-0.39, 0.29) is 6.42 Å². The van der Waals surface area contributed by atoms with E-state index >= 15 is 0 Å². The topological polar surface area (TPSA) is 80.4 Å². The minimum atomic E-state index is -0.975. The third-order valence-electron chi connectivity index (χ3n) is 4.09. The molecule has 27 heavy (non-hydrogen) atoms. The SMILES string of the molecule is CC/C=C\C/C=C\C/C=C\C/C=C\CC(O)C(CCCCC[C]=O)[N+](=O)[O-]. The number of hydrogen-bond donors (Lipinski definition) is 1. The maximum Gasteiger partial charge on any atom is 0.238 e. The fourth-order valence-corrected chi connectivity index (χ4v) is 2.54. The number of nitrogens with zero attached hydrogens (tertiary/aromatic N) is 1. The first-order chi connectivity index (χ1) is 13.1. The normalized spacial score (nSPS) is 14.6. The van der Waals surface area contributed by atoms with Crippen LogP contribution in [0.4, 0.5) is 0 Å². The Morgan fingerprint density at radius 2 is 1.48 bits per heavy atom. The minimum Gasteiger partial charge on any atom is -0.386 e. The number of aliphatic hydroxyl groups is 1. The summed E-state index contributed by atoms with van der Waals surface area (Å²) in [6.45, 7) is 2.12. The molecule has 2 unspecified atom stereocenters. The standard InChI is InChI=1S/C22H34NO4/c1-2-3-4-5-6-7-8-9-10-11-12-16-19-22(25)21(23(26)27)18-15-13-14-17-20-24/h3-4,6-7,9-10,12,16,21-22,25H,2,5,8,11,13-15,17-19H2,1H3/b4-3-,7-6-,10-9-,16-12-. The van der Waals surface area contributed by atoms with E-state index in [0.29, 0.717) is 25.7 Å². The monoisotopic (exact) mass is 376 g/mol. The van der Waals surface area contributed by atoms with E-state index in [0.717, 1.165) is 32.1 Å². The van der Waals surface area contributed by atoms with E-state index in [1.165, 1.54) is 0 Å². The second-order valence-electron chi connectivity index (χ2n) is 6.40. The van der Waals surface area contributed by atoms with Gasteiger partial charge >= 0.3 is 0 Å². The summed E-state index contributed by atoms with van der Waals surface area (Å²) in [6, 6.07) is -0.947. The van der Waals surface area contributed by atoms with Crippen LogP contribution in [-0.2, 0) is 4.79 Å². The Kier molecular flexibility index (Phi) is 17.4. The number of nitro groups is 1. The number of hydrogen-bond acceptors (Lipinski definition) is 4. The predicted octanol–water partition coefficient (Wildman–Crippen LogP) is 5.25. The Morgan fingerprint density at radius 3 is 2.00 bits per heavy atom. The largest absolute Gasteiger partial charge is 0.386 e. The summed E-state index contributed by atoms with van der Waals surface area (Å²) in [5.41, 5.74) is 0. The van der Waals surface area contributed by atoms with Crippen LogP contribution in [0.5, 0.6) is 0 Å². The molecule has 0 aromatic rings. The summed E-state index contributed by atoms with van der Waals surface area (Å²) >= 11 is 0. The van der Waals surface area contributed by atoms with Gasteiger partial charge in [-0.1, -0.05) is 62.0 Å². The van der Waals surface area contributed by atoms with Crippen molar-refractivity contribution in [1.82, 2.24) is 0 Å². The zero-order valence-electron chi connectivity index (χ0n) is 16.5. The van der Waals surface area contributed by atoms with Gasteiger partial charge in [0.15, 0.2) is 6.29 Å². The molecule has 0 aliphatic carbocycles. The van der Waals surface area contributed by atoms with Crippen LogP contribution in [0.3, 0.4) is 0 Å². The molecule has 0 aromatic heterocycles. The molecule has 0 fully saturated rings. The van der Waals surface area contributed by atoms with Gasteiger partial charge in [-0.3, -0.25) is 14.9 Å². The summed E-state index contributed by atoms with van der Waals surface area (Å²) in [5, 5.41) is 21.2. The van der Waals surface area contributed by atoms with Gasteiger partial charge in [-0.25, -0.2) is 0 Å². The first-order valence-corrected chi connectivity index (χ1v) is 9.90. The number of unbranched alkanes of at least 4 members (excludes halogenated alkanes) is 3. The molecule has 0 heterocycles. The van der Waals surface area contributed by atoms with Crippen molar-refractivity contribution >= 4 is 6.29 Å². The van der Waals surface area contributed by atoms with E-state index in [1.807, 2.05) is 18.4 Å². The summed E-state index contributed by atoms with van der Waals surface area (Å²) in [4.78, 5) is 20.8. The lowest BCUT2D eigenvalue weighted by atomic mass is 10.0. The second kappa shape index (κ2) is 18.8. The number of carbonyl (C=O) groups excluding carboxylic acids is 1. The van der Waals surface area contributed by atoms with Crippen molar-refractivity contribution in [2.24, 2.45) is 0 Å². The van der Waals surface area contributed by atoms with Crippen LogP contribution in [0.1, 0.15) is 71.1 Å². The quantitative estimate of drug-likeness (QED) is 0.163. The van der Waals surface area contributed by atoms with Crippen molar-refractivity contribution < 1.29 is 14.8 Å². The lowest BCUT2D eigenvalue weighted by Crippen LogP contribution is -2.33. The van der Waals surface area contributed by atoms with Gasteiger partial charge in [0.05, 0.1) is 0 Å². The zero-order valence-corrected chi connectivity index (χ0v) is 16.5. The maximum atomic E-state index is 11.1. The smallest absolute Gasteiger partial charge is 0.238 e. The van der Waals surface area contributed by atoms with Crippen LogP contribution >= 0.6 is 0 Å². The van der Waals surface area contributed by atoms with Gasteiger partial charge in [-0.15, -0.1) is 0 Å². The fourth-order valence-electron chi connectivity index (χ4n) is 2.54. The molecule has 0 amide bonds. The summed E-state index contributed by atoms with van der Waals surface area (Å²) in [7, 11) is 0. The molecular formula is C22H34NO4. The van der Waals surface area contributed by atoms with Gasteiger partial charge in [0.2, 0.25) is 6.04 Å². The highest BCUT2D eigenvalue weighted by atomic mass is 16.6. The molecule has 0 saturated carbocycles. The van der Waals surface area contributed by atoms with Crippen LogP contribution in [0.25, 0.3) is 0 Å². The Hall–Kier alpha value is -2.01. The first-order valence-electron chi connectivity index (χ1n) is 9.90. The van der Waals surface area contributed by atoms with Gasteiger partial charge < -0.3 is 5.11 Å². The van der Waals surface area contributed by atoms with Gasteiger partial charge in [0.25, 0.3) is 0 Å². The molecule has 0 bridgehead atoms. The predicted molar refractivity (Wildman–Crippen MR) is 111 cm³/mol. The molecule has 5 nitrogen and oxygen atoms in total. The van der Waals surface area contributed by atoms with E-state index < -0.39 is 17.1 Å². The van der Waals surface area contributed by atoms with Crippen molar-refractivity contribution in [1.29, 1.82) is 0 Å². The molecule has 1 N–H and O–H groups in total. The molecule has 0 saturated heterocycles. The average Bonchev–Trinajstić information content (AvgIpc) is 2.65. The molecule has 151 valence electrons. The zero-order chi connectivity index (χ0) is 20.2. The highest BCUT2D eigenvalue weighted by Gasteiger charge is 2.27. The Bertz CT molecular complexity index is 495. The highest BCUT2D eigenvalue weighted by molar-refractivity contribution is 5.50. The van der Waals surface area contributed by atoms with Crippen molar-refractivity contribution in [2.75, 3.05) is 0 Å². The van der Waals surface area contributed by atoms with Gasteiger partial charge in [0, 0.05) is 17.8 Å². The number of rotatable bonds is 17. The molecule has 0 aromatic carbocycles. The van der Waals surface area contributed by atoms with Crippen LogP contribution in [0.15, 0.2) is 48.6 Å². The minimum absolute atomic E-state index is 0.283. The molecule has 2 atom stereocenters. The molecule has 1 radical (unpaired) electrons. The lowest BCUT2D eigenvalue weighted by molar-refractivity contribution is -0.535. The average molecular weight is 377 g/mol. The highest BCUT2D eigenvalue weighted by Crippen LogP contribution is 2.13. The Morgan fingerprint density at radius 1 is 0.926 bits per heavy atom.